The van der Waals surface area contributed by atoms with Crippen LogP contribution in [0.25, 0.3) is 0 Å². The Morgan fingerprint density at radius 2 is 1.94 bits per heavy atom. The average molecular weight is 238 g/mol. The fourth-order valence-electron chi connectivity index (χ4n) is 1.65. The molecule has 0 saturated carbocycles. The monoisotopic (exact) mass is 238 g/mol. The van der Waals surface area contributed by atoms with Crippen molar-refractivity contribution in [2.75, 3.05) is 0 Å². The third-order valence-electron chi connectivity index (χ3n) is 2.21. The van der Waals surface area contributed by atoms with Gasteiger partial charge in [-0.15, -0.1) is 0 Å². The van der Waals surface area contributed by atoms with Gasteiger partial charge in [0.25, 0.3) is 0 Å². The lowest BCUT2D eigenvalue weighted by molar-refractivity contribution is 0.147. The third-order valence-corrected chi connectivity index (χ3v) is 2.21. The molecule has 0 aliphatic heterocycles. The van der Waals surface area contributed by atoms with Crippen molar-refractivity contribution in [1.82, 2.24) is 9.97 Å². The Hall–Kier alpha value is -1.16. The molecule has 1 atom stereocenters. The zero-order valence-corrected chi connectivity index (χ0v) is 11.1. The summed E-state index contributed by atoms with van der Waals surface area (Å²) in [5.41, 5.74) is 0.774. The van der Waals surface area contributed by atoms with Crippen LogP contribution in [0.1, 0.15) is 39.8 Å². The first-order chi connectivity index (χ1) is 7.97. The average Bonchev–Trinajstić information content (AvgIpc) is 2.14. The van der Waals surface area contributed by atoms with Crippen molar-refractivity contribution < 1.29 is 9.84 Å². The summed E-state index contributed by atoms with van der Waals surface area (Å²) >= 11 is 0. The standard InChI is InChI=1S/C13H22N2O2/c1-9(2)5-12(16)6-11-7-14-8-13(15-11)17-10(3)4/h7-10,12,16H,5-6H2,1-4H3. The van der Waals surface area contributed by atoms with E-state index >= 15 is 0 Å². The van der Waals surface area contributed by atoms with E-state index in [2.05, 4.69) is 23.8 Å². The Labute approximate surface area is 103 Å². The molecule has 4 nitrogen and oxygen atoms in total. The summed E-state index contributed by atoms with van der Waals surface area (Å²) in [4.78, 5) is 8.39. The Morgan fingerprint density at radius 1 is 1.24 bits per heavy atom. The van der Waals surface area contributed by atoms with Gasteiger partial charge in [0.05, 0.1) is 24.1 Å². The van der Waals surface area contributed by atoms with Crippen molar-refractivity contribution in [3.63, 3.8) is 0 Å². The molecule has 1 N–H and O–H groups in total. The Kier molecular flexibility index (Phi) is 5.35. The lowest BCUT2D eigenvalue weighted by atomic mass is 10.0. The molecular weight excluding hydrogens is 216 g/mol. The molecule has 0 fully saturated rings. The summed E-state index contributed by atoms with van der Waals surface area (Å²) in [6, 6.07) is 0. The molecule has 0 bridgehead atoms. The normalized spacial score (nSPS) is 13.1. The smallest absolute Gasteiger partial charge is 0.232 e. The molecule has 0 saturated heterocycles. The molecule has 0 aliphatic carbocycles. The highest BCUT2D eigenvalue weighted by Crippen LogP contribution is 2.12. The SMILES string of the molecule is CC(C)CC(O)Cc1cncc(OC(C)C)n1. The van der Waals surface area contributed by atoms with Crippen molar-refractivity contribution in [2.24, 2.45) is 5.92 Å². The number of hydrogen-bond donors (Lipinski definition) is 1. The van der Waals surface area contributed by atoms with Gasteiger partial charge in [-0.3, -0.25) is 4.98 Å². The van der Waals surface area contributed by atoms with Crippen molar-refractivity contribution >= 4 is 0 Å². The minimum Gasteiger partial charge on any atom is -0.474 e. The van der Waals surface area contributed by atoms with Crippen molar-refractivity contribution in [3.8, 4) is 5.88 Å². The molecule has 1 heterocycles. The highest BCUT2D eigenvalue weighted by molar-refractivity contribution is 5.09. The molecule has 1 rings (SSSR count). The number of aliphatic hydroxyl groups excluding tert-OH is 1. The Bertz CT molecular complexity index is 340. The van der Waals surface area contributed by atoms with E-state index in [1.807, 2.05) is 13.8 Å². The molecule has 17 heavy (non-hydrogen) atoms. The summed E-state index contributed by atoms with van der Waals surface area (Å²) in [5, 5.41) is 9.84. The van der Waals surface area contributed by atoms with Gasteiger partial charge in [-0.25, -0.2) is 4.98 Å². The van der Waals surface area contributed by atoms with Crippen LogP contribution in [0.3, 0.4) is 0 Å². The number of aliphatic hydroxyl groups is 1. The molecule has 96 valence electrons. The molecule has 0 radical (unpaired) electrons. The largest absolute Gasteiger partial charge is 0.474 e. The maximum atomic E-state index is 9.84. The van der Waals surface area contributed by atoms with E-state index in [0.29, 0.717) is 18.2 Å². The van der Waals surface area contributed by atoms with E-state index in [-0.39, 0.29) is 12.2 Å². The molecule has 0 aliphatic rings. The van der Waals surface area contributed by atoms with Gasteiger partial charge < -0.3 is 9.84 Å². The van der Waals surface area contributed by atoms with Crippen LogP contribution in [0.4, 0.5) is 0 Å². The number of rotatable bonds is 6. The van der Waals surface area contributed by atoms with Crippen molar-refractivity contribution in [2.45, 2.75) is 52.7 Å². The Balaban J connectivity index is 2.59. The zero-order valence-electron chi connectivity index (χ0n) is 11.1. The van der Waals surface area contributed by atoms with Crippen molar-refractivity contribution in [1.29, 1.82) is 0 Å². The van der Waals surface area contributed by atoms with E-state index in [1.165, 1.54) is 0 Å². The van der Waals surface area contributed by atoms with Gasteiger partial charge in [-0.1, -0.05) is 13.8 Å². The van der Waals surface area contributed by atoms with Gasteiger partial charge in [0, 0.05) is 12.6 Å². The van der Waals surface area contributed by atoms with E-state index in [4.69, 9.17) is 4.74 Å². The van der Waals surface area contributed by atoms with Gasteiger partial charge in [0.2, 0.25) is 5.88 Å². The molecule has 1 aromatic heterocycles. The van der Waals surface area contributed by atoms with Crippen LogP contribution in [-0.2, 0) is 6.42 Å². The summed E-state index contributed by atoms with van der Waals surface area (Å²) in [6.45, 7) is 8.07. The highest BCUT2D eigenvalue weighted by Gasteiger charge is 2.10. The fourth-order valence-corrected chi connectivity index (χ4v) is 1.65. The van der Waals surface area contributed by atoms with Crippen LogP contribution in [0.5, 0.6) is 5.88 Å². The molecular formula is C13H22N2O2. The summed E-state index contributed by atoms with van der Waals surface area (Å²) in [5.74, 6) is 1.00. The summed E-state index contributed by atoms with van der Waals surface area (Å²) in [6.07, 6.45) is 4.30. The van der Waals surface area contributed by atoms with Crippen LogP contribution >= 0.6 is 0 Å². The molecule has 0 amide bonds. The fraction of sp³-hybridized carbons (Fsp3) is 0.692. The number of aromatic nitrogens is 2. The minimum absolute atomic E-state index is 0.0835. The van der Waals surface area contributed by atoms with E-state index in [9.17, 15) is 5.11 Å². The molecule has 4 heteroatoms. The first kappa shape index (κ1) is 13.9. The quantitative estimate of drug-likeness (QED) is 0.825. The van der Waals surface area contributed by atoms with Crippen LogP contribution < -0.4 is 4.74 Å². The zero-order chi connectivity index (χ0) is 12.8. The molecule has 1 unspecified atom stereocenters. The topological polar surface area (TPSA) is 55.2 Å². The Morgan fingerprint density at radius 3 is 2.53 bits per heavy atom. The first-order valence-corrected chi connectivity index (χ1v) is 6.13. The maximum Gasteiger partial charge on any atom is 0.232 e. The number of nitrogens with zero attached hydrogens (tertiary/aromatic N) is 2. The van der Waals surface area contributed by atoms with E-state index in [1.54, 1.807) is 12.4 Å². The predicted molar refractivity (Wildman–Crippen MR) is 67.0 cm³/mol. The summed E-state index contributed by atoms with van der Waals surface area (Å²) in [7, 11) is 0. The second kappa shape index (κ2) is 6.55. The van der Waals surface area contributed by atoms with Crippen LogP contribution in [0, 0.1) is 5.92 Å². The van der Waals surface area contributed by atoms with Crippen molar-refractivity contribution in [3.05, 3.63) is 18.1 Å². The molecule has 0 spiro atoms. The van der Waals surface area contributed by atoms with Gasteiger partial charge >= 0.3 is 0 Å². The van der Waals surface area contributed by atoms with E-state index < -0.39 is 0 Å². The second-order valence-corrected chi connectivity index (χ2v) is 5.00. The van der Waals surface area contributed by atoms with Crippen LogP contribution in [-0.4, -0.2) is 27.3 Å². The lowest BCUT2D eigenvalue weighted by Crippen LogP contribution is -2.15. The van der Waals surface area contributed by atoms with Gasteiger partial charge in [0.1, 0.15) is 0 Å². The lowest BCUT2D eigenvalue weighted by Gasteiger charge is -2.13. The minimum atomic E-state index is -0.362. The van der Waals surface area contributed by atoms with Gasteiger partial charge in [-0.2, -0.15) is 0 Å². The molecule has 1 aromatic rings. The number of ether oxygens (including phenoxy) is 1. The second-order valence-electron chi connectivity index (χ2n) is 5.00. The molecule has 0 aromatic carbocycles. The van der Waals surface area contributed by atoms with Crippen LogP contribution in [0.2, 0.25) is 0 Å². The predicted octanol–water partition coefficient (Wildman–Crippen LogP) is 2.21. The van der Waals surface area contributed by atoms with Gasteiger partial charge in [0.15, 0.2) is 0 Å². The van der Waals surface area contributed by atoms with Crippen LogP contribution in [0.15, 0.2) is 12.4 Å². The maximum absolute atomic E-state index is 9.84. The van der Waals surface area contributed by atoms with E-state index in [0.717, 1.165) is 12.1 Å². The highest BCUT2D eigenvalue weighted by atomic mass is 16.5. The first-order valence-electron chi connectivity index (χ1n) is 6.13. The van der Waals surface area contributed by atoms with Gasteiger partial charge in [-0.05, 0) is 26.2 Å². The summed E-state index contributed by atoms with van der Waals surface area (Å²) < 4.78 is 5.46. The number of hydrogen-bond acceptors (Lipinski definition) is 4. The third kappa shape index (κ3) is 5.63.